The Morgan fingerprint density at radius 3 is 2.41 bits per heavy atom. The van der Waals surface area contributed by atoms with Crippen molar-refractivity contribution in [3.8, 4) is 5.69 Å². The lowest BCUT2D eigenvalue weighted by Crippen LogP contribution is -2.35. The van der Waals surface area contributed by atoms with Gasteiger partial charge in [0.05, 0.1) is 29.3 Å². The molecule has 0 spiro atoms. The molecule has 1 aromatic heterocycles. The SMILES string of the molecule is C=CCN(CCc1ccccc1)CC(=O)Nc1c(C)nn(-c2ccccc2)c1C. The van der Waals surface area contributed by atoms with Gasteiger partial charge in [0.15, 0.2) is 0 Å². The van der Waals surface area contributed by atoms with Gasteiger partial charge >= 0.3 is 0 Å². The molecule has 0 radical (unpaired) electrons. The first-order valence-corrected chi connectivity index (χ1v) is 9.87. The number of hydrogen-bond acceptors (Lipinski definition) is 3. The van der Waals surface area contributed by atoms with Crippen molar-refractivity contribution < 1.29 is 4.79 Å². The molecule has 0 aliphatic heterocycles. The van der Waals surface area contributed by atoms with Gasteiger partial charge in [-0.15, -0.1) is 6.58 Å². The van der Waals surface area contributed by atoms with E-state index in [4.69, 9.17) is 0 Å². The summed E-state index contributed by atoms with van der Waals surface area (Å²) in [7, 11) is 0. The lowest BCUT2D eigenvalue weighted by atomic mass is 10.1. The van der Waals surface area contributed by atoms with Crippen LogP contribution in [0.5, 0.6) is 0 Å². The first kappa shape index (κ1) is 20.6. The van der Waals surface area contributed by atoms with E-state index in [1.165, 1.54) is 5.56 Å². The Kier molecular flexibility index (Phi) is 6.98. The second-order valence-electron chi connectivity index (χ2n) is 7.10. The van der Waals surface area contributed by atoms with Crippen LogP contribution >= 0.6 is 0 Å². The molecule has 2 aromatic carbocycles. The summed E-state index contributed by atoms with van der Waals surface area (Å²) in [6.45, 7) is 9.49. The molecule has 0 saturated carbocycles. The van der Waals surface area contributed by atoms with Crippen LogP contribution in [-0.2, 0) is 11.2 Å². The fourth-order valence-corrected chi connectivity index (χ4v) is 3.38. The first-order valence-electron chi connectivity index (χ1n) is 9.87. The molecule has 5 heteroatoms. The van der Waals surface area contributed by atoms with Gasteiger partial charge in [-0.1, -0.05) is 54.6 Å². The summed E-state index contributed by atoms with van der Waals surface area (Å²) < 4.78 is 1.86. The number of anilines is 1. The number of rotatable bonds is 9. The largest absolute Gasteiger partial charge is 0.322 e. The van der Waals surface area contributed by atoms with Gasteiger partial charge in [0.2, 0.25) is 5.91 Å². The number of carbonyl (C=O) groups is 1. The van der Waals surface area contributed by atoms with Gasteiger partial charge in [-0.25, -0.2) is 4.68 Å². The van der Waals surface area contributed by atoms with Crippen LogP contribution in [0.3, 0.4) is 0 Å². The number of aromatic nitrogens is 2. The van der Waals surface area contributed by atoms with Gasteiger partial charge in [0, 0.05) is 13.1 Å². The second-order valence-corrected chi connectivity index (χ2v) is 7.10. The highest BCUT2D eigenvalue weighted by atomic mass is 16.2. The zero-order valence-corrected chi connectivity index (χ0v) is 17.1. The van der Waals surface area contributed by atoms with Crippen molar-refractivity contribution in [1.29, 1.82) is 0 Å². The fourth-order valence-electron chi connectivity index (χ4n) is 3.38. The van der Waals surface area contributed by atoms with Gasteiger partial charge in [-0.3, -0.25) is 9.69 Å². The quantitative estimate of drug-likeness (QED) is 0.560. The number of aryl methyl sites for hydroxylation is 1. The standard InChI is InChI=1S/C24H28N4O/c1-4-16-27(17-15-21-11-7-5-8-12-21)18-23(29)25-24-19(2)26-28(20(24)3)22-13-9-6-10-14-22/h4-14H,1,15-18H2,2-3H3,(H,25,29). The molecule has 0 aliphatic rings. The van der Waals surface area contributed by atoms with E-state index in [1.54, 1.807) is 0 Å². The van der Waals surface area contributed by atoms with Crippen LogP contribution < -0.4 is 5.32 Å². The summed E-state index contributed by atoms with van der Waals surface area (Å²) in [4.78, 5) is 14.8. The predicted molar refractivity (Wildman–Crippen MR) is 118 cm³/mol. The molecule has 3 rings (SSSR count). The maximum Gasteiger partial charge on any atom is 0.238 e. The molecule has 0 aliphatic carbocycles. The number of para-hydroxylation sites is 1. The highest BCUT2D eigenvalue weighted by Gasteiger charge is 2.17. The van der Waals surface area contributed by atoms with Crippen LogP contribution in [0.1, 0.15) is 17.0 Å². The molecule has 0 bridgehead atoms. The van der Waals surface area contributed by atoms with Crippen molar-refractivity contribution in [2.24, 2.45) is 0 Å². The third-order valence-electron chi connectivity index (χ3n) is 4.87. The second kappa shape index (κ2) is 9.85. The van der Waals surface area contributed by atoms with Gasteiger partial charge in [0.1, 0.15) is 0 Å². The van der Waals surface area contributed by atoms with E-state index < -0.39 is 0 Å². The lowest BCUT2D eigenvalue weighted by Gasteiger charge is -2.20. The van der Waals surface area contributed by atoms with E-state index in [0.29, 0.717) is 13.1 Å². The third-order valence-corrected chi connectivity index (χ3v) is 4.87. The number of nitrogens with zero attached hydrogens (tertiary/aromatic N) is 3. The van der Waals surface area contributed by atoms with Crippen LogP contribution in [0, 0.1) is 13.8 Å². The van der Waals surface area contributed by atoms with E-state index in [0.717, 1.165) is 35.7 Å². The summed E-state index contributed by atoms with van der Waals surface area (Å²) in [5.41, 5.74) is 4.74. The van der Waals surface area contributed by atoms with Crippen molar-refractivity contribution in [1.82, 2.24) is 14.7 Å². The van der Waals surface area contributed by atoms with E-state index in [1.807, 2.05) is 73.1 Å². The minimum atomic E-state index is -0.0428. The molecule has 5 nitrogen and oxygen atoms in total. The summed E-state index contributed by atoms with van der Waals surface area (Å²) in [6, 6.07) is 20.2. The minimum absolute atomic E-state index is 0.0428. The summed E-state index contributed by atoms with van der Waals surface area (Å²) in [6.07, 6.45) is 2.73. The highest BCUT2D eigenvalue weighted by Crippen LogP contribution is 2.22. The average molecular weight is 389 g/mol. The number of hydrogen-bond donors (Lipinski definition) is 1. The van der Waals surface area contributed by atoms with E-state index >= 15 is 0 Å². The van der Waals surface area contributed by atoms with E-state index in [9.17, 15) is 4.79 Å². The average Bonchev–Trinajstić information content (AvgIpc) is 3.02. The van der Waals surface area contributed by atoms with Crippen LogP contribution in [0.2, 0.25) is 0 Å². The maximum absolute atomic E-state index is 12.7. The molecule has 0 atom stereocenters. The van der Waals surface area contributed by atoms with Crippen molar-refractivity contribution >= 4 is 11.6 Å². The molecule has 1 N–H and O–H groups in total. The minimum Gasteiger partial charge on any atom is -0.322 e. The highest BCUT2D eigenvalue weighted by molar-refractivity contribution is 5.93. The molecule has 29 heavy (non-hydrogen) atoms. The van der Waals surface area contributed by atoms with Crippen LogP contribution in [0.15, 0.2) is 73.3 Å². The monoisotopic (exact) mass is 388 g/mol. The fraction of sp³-hybridized carbons (Fsp3) is 0.250. The molecule has 0 saturated heterocycles. The van der Waals surface area contributed by atoms with Crippen LogP contribution in [-0.4, -0.2) is 40.2 Å². The van der Waals surface area contributed by atoms with Crippen molar-refractivity contribution in [2.75, 3.05) is 25.0 Å². The molecular weight excluding hydrogens is 360 g/mol. The molecule has 1 amide bonds. The van der Waals surface area contributed by atoms with Crippen molar-refractivity contribution in [3.63, 3.8) is 0 Å². The predicted octanol–water partition coefficient (Wildman–Crippen LogP) is 4.16. The number of benzene rings is 2. The van der Waals surface area contributed by atoms with E-state index in [2.05, 4.69) is 34.0 Å². The molecule has 1 heterocycles. The molecule has 3 aromatic rings. The van der Waals surface area contributed by atoms with Crippen LogP contribution in [0.25, 0.3) is 5.69 Å². The third kappa shape index (κ3) is 5.42. The molecule has 150 valence electrons. The number of amides is 1. The number of nitrogens with one attached hydrogen (secondary N) is 1. The Labute approximate surface area is 172 Å². The first-order chi connectivity index (χ1) is 14.1. The maximum atomic E-state index is 12.7. The Balaban J connectivity index is 1.65. The normalized spacial score (nSPS) is 10.9. The van der Waals surface area contributed by atoms with Gasteiger partial charge in [0.25, 0.3) is 0 Å². The summed E-state index contributed by atoms with van der Waals surface area (Å²) in [5, 5.41) is 7.65. The van der Waals surface area contributed by atoms with E-state index in [-0.39, 0.29) is 5.91 Å². The van der Waals surface area contributed by atoms with Crippen molar-refractivity contribution in [2.45, 2.75) is 20.3 Å². The summed E-state index contributed by atoms with van der Waals surface area (Å²) >= 11 is 0. The Morgan fingerprint density at radius 1 is 1.10 bits per heavy atom. The Hall–Kier alpha value is -3.18. The zero-order chi connectivity index (χ0) is 20.6. The van der Waals surface area contributed by atoms with Crippen LogP contribution in [0.4, 0.5) is 5.69 Å². The van der Waals surface area contributed by atoms with Gasteiger partial charge in [-0.2, -0.15) is 5.10 Å². The molecule has 0 fully saturated rings. The molecule has 0 unspecified atom stereocenters. The van der Waals surface area contributed by atoms with Gasteiger partial charge in [-0.05, 0) is 38.0 Å². The smallest absolute Gasteiger partial charge is 0.238 e. The van der Waals surface area contributed by atoms with Crippen molar-refractivity contribution in [3.05, 3.63) is 90.3 Å². The number of carbonyl (C=O) groups excluding carboxylic acids is 1. The topological polar surface area (TPSA) is 50.2 Å². The molecular formula is C24H28N4O. The van der Waals surface area contributed by atoms with Gasteiger partial charge < -0.3 is 5.32 Å². The lowest BCUT2D eigenvalue weighted by molar-refractivity contribution is -0.117. The Bertz CT molecular complexity index is 948. The Morgan fingerprint density at radius 2 is 1.76 bits per heavy atom. The summed E-state index contributed by atoms with van der Waals surface area (Å²) in [5.74, 6) is -0.0428. The zero-order valence-electron chi connectivity index (χ0n) is 17.1.